The first-order valence-electron chi connectivity index (χ1n) is 3.80. The smallest absolute Gasteiger partial charge is 0.183 e. The maximum absolute atomic E-state index is 9.40. The molecule has 0 saturated carbocycles. The highest BCUT2D eigenvalue weighted by Crippen LogP contribution is 2.21. The van der Waals surface area contributed by atoms with Gasteiger partial charge in [-0.1, -0.05) is 0 Å². The Hall–Kier alpha value is -0.200. The van der Waals surface area contributed by atoms with E-state index in [1.54, 1.807) is 6.92 Å². The number of rotatable bonds is 1. The number of hydrogen-bond acceptors (Lipinski definition) is 5. The highest BCUT2D eigenvalue weighted by atomic mass is 16.6. The molecule has 1 aliphatic heterocycles. The Balaban J connectivity index is 2.67. The van der Waals surface area contributed by atoms with E-state index >= 15 is 0 Å². The van der Waals surface area contributed by atoms with E-state index in [0.29, 0.717) is 0 Å². The molecule has 0 aromatic carbocycles. The van der Waals surface area contributed by atoms with Crippen LogP contribution in [0, 0.1) is 0 Å². The van der Waals surface area contributed by atoms with E-state index in [4.69, 9.17) is 14.6 Å². The Morgan fingerprint density at radius 2 is 1.75 bits per heavy atom. The van der Waals surface area contributed by atoms with Gasteiger partial charge in [0.05, 0.1) is 6.10 Å². The van der Waals surface area contributed by atoms with Gasteiger partial charge in [-0.05, 0) is 6.92 Å². The Bertz CT molecular complexity index is 137. The SMILES string of the molecule is CO[C@@H]1[C@@H](O)[C@H](O)O[C@H](C)[C@H]1O. The minimum Gasteiger partial charge on any atom is -0.388 e. The molecule has 1 fully saturated rings. The lowest BCUT2D eigenvalue weighted by molar-refractivity contribution is -0.282. The largest absolute Gasteiger partial charge is 0.388 e. The first kappa shape index (κ1) is 9.88. The maximum Gasteiger partial charge on any atom is 0.183 e. The molecule has 12 heavy (non-hydrogen) atoms. The molecule has 1 rings (SSSR count). The second-order valence-corrected chi connectivity index (χ2v) is 2.91. The Morgan fingerprint density at radius 3 is 2.25 bits per heavy atom. The zero-order valence-corrected chi connectivity index (χ0v) is 7.04. The molecule has 0 spiro atoms. The van der Waals surface area contributed by atoms with Crippen molar-refractivity contribution in [1.82, 2.24) is 0 Å². The Morgan fingerprint density at radius 1 is 1.17 bits per heavy atom. The van der Waals surface area contributed by atoms with Gasteiger partial charge in [-0.15, -0.1) is 0 Å². The van der Waals surface area contributed by atoms with Crippen LogP contribution < -0.4 is 0 Å². The van der Waals surface area contributed by atoms with Crippen LogP contribution in [-0.4, -0.2) is 53.1 Å². The molecular weight excluding hydrogens is 164 g/mol. The van der Waals surface area contributed by atoms with Gasteiger partial charge in [0.2, 0.25) is 0 Å². The molecule has 1 aliphatic rings. The molecule has 0 radical (unpaired) electrons. The Kier molecular flexibility index (Phi) is 3.03. The first-order valence-corrected chi connectivity index (χ1v) is 3.80. The quantitative estimate of drug-likeness (QED) is 0.453. The van der Waals surface area contributed by atoms with Crippen LogP contribution in [0.15, 0.2) is 0 Å². The molecule has 1 heterocycles. The lowest BCUT2D eigenvalue weighted by Crippen LogP contribution is -2.57. The van der Waals surface area contributed by atoms with Crippen LogP contribution in [0.4, 0.5) is 0 Å². The predicted molar refractivity (Wildman–Crippen MR) is 39.4 cm³/mol. The van der Waals surface area contributed by atoms with Crippen molar-refractivity contribution in [2.45, 2.75) is 37.6 Å². The van der Waals surface area contributed by atoms with Crippen molar-refractivity contribution >= 4 is 0 Å². The van der Waals surface area contributed by atoms with Gasteiger partial charge in [-0.3, -0.25) is 0 Å². The average Bonchev–Trinajstić information content (AvgIpc) is 2.02. The lowest BCUT2D eigenvalue weighted by atomic mass is 10.00. The van der Waals surface area contributed by atoms with E-state index in [9.17, 15) is 10.2 Å². The summed E-state index contributed by atoms with van der Waals surface area (Å²) in [6.45, 7) is 1.60. The Labute approximate surface area is 70.5 Å². The molecule has 0 bridgehead atoms. The fraction of sp³-hybridized carbons (Fsp3) is 1.00. The second-order valence-electron chi connectivity index (χ2n) is 2.91. The van der Waals surface area contributed by atoms with Gasteiger partial charge in [0.25, 0.3) is 0 Å². The normalized spacial score (nSPS) is 49.2. The van der Waals surface area contributed by atoms with Gasteiger partial charge >= 0.3 is 0 Å². The van der Waals surface area contributed by atoms with Crippen LogP contribution in [0.1, 0.15) is 6.92 Å². The number of ether oxygens (including phenoxy) is 2. The van der Waals surface area contributed by atoms with Crippen LogP contribution in [0.25, 0.3) is 0 Å². The van der Waals surface area contributed by atoms with E-state index in [0.717, 1.165) is 0 Å². The van der Waals surface area contributed by atoms with Gasteiger partial charge in [0.15, 0.2) is 6.29 Å². The molecule has 0 amide bonds. The molecule has 0 aromatic rings. The number of aliphatic hydroxyl groups excluding tert-OH is 3. The summed E-state index contributed by atoms with van der Waals surface area (Å²) < 4.78 is 9.63. The van der Waals surface area contributed by atoms with E-state index in [1.807, 2.05) is 0 Å². The van der Waals surface area contributed by atoms with Crippen LogP contribution in [0.2, 0.25) is 0 Å². The van der Waals surface area contributed by atoms with Gasteiger partial charge in [0, 0.05) is 7.11 Å². The zero-order chi connectivity index (χ0) is 9.30. The van der Waals surface area contributed by atoms with E-state index in [-0.39, 0.29) is 0 Å². The number of aliphatic hydroxyl groups is 3. The zero-order valence-electron chi connectivity index (χ0n) is 7.04. The monoisotopic (exact) mass is 178 g/mol. The predicted octanol–water partition coefficient (Wildman–Crippen LogP) is -1.54. The molecule has 3 N–H and O–H groups in total. The summed E-state index contributed by atoms with van der Waals surface area (Å²) in [4.78, 5) is 0. The highest BCUT2D eigenvalue weighted by molar-refractivity contribution is 4.87. The average molecular weight is 178 g/mol. The third-order valence-electron chi connectivity index (χ3n) is 2.07. The van der Waals surface area contributed by atoms with Gasteiger partial charge in [-0.25, -0.2) is 0 Å². The topological polar surface area (TPSA) is 79.2 Å². The molecule has 5 nitrogen and oxygen atoms in total. The molecule has 0 unspecified atom stereocenters. The van der Waals surface area contributed by atoms with E-state index < -0.39 is 30.7 Å². The van der Waals surface area contributed by atoms with Crippen molar-refractivity contribution in [1.29, 1.82) is 0 Å². The maximum atomic E-state index is 9.40. The van der Waals surface area contributed by atoms with E-state index in [1.165, 1.54) is 7.11 Å². The van der Waals surface area contributed by atoms with Gasteiger partial charge in [-0.2, -0.15) is 0 Å². The van der Waals surface area contributed by atoms with E-state index in [2.05, 4.69) is 0 Å². The van der Waals surface area contributed by atoms with Gasteiger partial charge in [0.1, 0.15) is 18.3 Å². The highest BCUT2D eigenvalue weighted by Gasteiger charge is 2.42. The van der Waals surface area contributed by atoms with Crippen molar-refractivity contribution in [2.75, 3.05) is 7.11 Å². The minimum atomic E-state index is -1.28. The first-order chi connectivity index (χ1) is 5.57. The number of hydrogen-bond donors (Lipinski definition) is 3. The molecular formula is C7H14O5. The molecule has 5 atom stereocenters. The summed E-state index contributed by atoms with van der Waals surface area (Å²) in [5.74, 6) is 0. The van der Waals surface area contributed by atoms with Gasteiger partial charge < -0.3 is 24.8 Å². The van der Waals surface area contributed by atoms with Crippen molar-refractivity contribution in [2.24, 2.45) is 0 Å². The third-order valence-corrected chi connectivity index (χ3v) is 2.07. The van der Waals surface area contributed by atoms with Crippen molar-refractivity contribution in [3.63, 3.8) is 0 Å². The van der Waals surface area contributed by atoms with Crippen molar-refractivity contribution in [3.05, 3.63) is 0 Å². The number of methoxy groups -OCH3 is 1. The van der Waals surface area contributed by atoms with Crippen LogP contribution in [0.3, 0.4) is 0 Å². The fourth-order valence-electron chi connectivity index (χ4n) is 1.29. The summed E-state index contributed by atoms with van der Waals surface area (Å²) in [6, 6.07) is 0. The molecule has 0 aliphatic carbocycles. The van der Waals surface area contributed by atoms with Crippen molar-refractivity contribution in [3.8, 4) is 0 Å². The second kappa shape index (κ2) is 3.68. The molecule has 5 heteroatoms. The van der Waals surface area contributed by atoms with Crippen LogP contribution >= 0.6 is 0 Å². The summed E-state index contributed by atoms with van der Waals surface area (Å²) in [7, 11) is 1.36. The lowest BCUT2D eigenvalue weighted by Gasteiger charge is -2.38. The van der Waals surface area contributed by atoms with Crippen LogP contribution in [-0.2, 0) is 9.47 Å². The standard InChI is InChI=1S/C7H14O5/c1-3-4(8)6(11-2)5(9)7(10)12-3/h3-10H,1-2H3/t3-,4-,5-,6+,7-/m1/s1. The summed E-state index contributed by atoms with van der Waals surface area (Å²) in [6.07, 6.45) is -4.71. The fourth-order valence-corrected chi connectivity index (χ4v) is 1.29. The van der Waals surface area contributed by atoms with Crippen molar-refractivity contribution < 1.29 is 24.8 Å². The molecule has 0 aromatic heterocycles. The molecule has 1 saturated heterocycles. The minimum absolute atomic E-state index is 0.534. The third kappa shape index (κ3) is 1.60. The van der Waals surface area contributed by atoms with Crippen LogP contribution in [0.5, 0.6) is 0 Å². The summed E-state index contributed by atoms with van der Waals surface area (Å²) >= 11 is 0. The summed E-state index contributed by atoms with van der Waals surface area (Å²) in [5, 5.41) is 27.8. The molecule has 72 valence electrons. The summed E-state index contributed by atoms with van der Waals surface area (Å²) in [5.41, 5.74) is 0.